The van der Waals surface area contributed by atoms with Crippen molar-refractivity contribution in [2.24, 2.45) is 4.99 Å². The summed E-state index contributed by atoms with van der Waals surface area (Å²) in [6, 6.07) is 14.3. The van der Waals surface area contributed by atoms with E-state index in [4.69, 9.17) is 21.1 Å². The van der Waals surface area contributed by atoms with Gasteiger partial charge in [0.1, 0.15) is 22.9 Å². The zero-order valence-corrected chi connectivity index (χ0v) is 22.7. The molecule has 4 rings (SSSR count). The summed E-state index contributed by atoms with van der Waals surface area (Å²) >= 11 is 6.52. The maximum Gasteiger partial charge on any atom is 0.338 e. The number of nitrogens with zero attached hydrogens (tertiary/aromatic N) is 1. The lowest BCUT2D eigenvalue weighted by atomic mass is 9.83. The first-order valence-electron chi connectivity index (χ1n) is 12.7. The maximum absolute atomic E-state index is 15.1. The zero-order chi connectivity index (χ0) is 28.2. The van der Waals surface area contributed by atoms with Gasteiger partial charge >= 0.3 is 5.97 Å². The molecule has 3 aromatic rings. The third-order valence-corrected chi connectivity index (χ3v) is 6.55. The molecule has 3 aromatic carbocycles. The van der Waals surface area contributed by atoms with E-state index in [0.29, 0.717) is 34.8 Å². The van der Waals surface area contributed by atoms with Gasteiger partial charge in [-0.05, 0) is 79.9 Å². The molecule has 8 heteroatoms. The van der Waals surface area contributed by atoms with E-state index in [1.807, 2.05) is 20.8 Å². The molecule has 6 nitrogen and oxygen atoms in total. The molecule has 0 fully saturated rings. The fourth-order valence-electron chi connectivity index (χ4n) is 4.45. The molecule has 1 N–H and O–H groups in total. The van der Waals surface area contributed by atoms with Crippen LogP contribution in [0.2, 0.25) is 5.02 Å². The van der Waals surface area contributed by atoms with Gasteiger partial charge in [0.15, 0.2) is 5.78 Å². The normalized spacial score (nSPS) is 16.1. The highest BCUT2D eigenvalue weighted by molar-refractivity contribution is 6.34. The van der Waals surface area contributed by atoms with Crippen LogP contribution in [-0.4, -0.2) is 41.3 Å². The highest BCUT2D eigenvalue weighted by Crippen LogP contribution is 2.37. The second kappa shape index (κ2) is 11.8. The highest BCUT2D eigenvalue weighted by Gasteiger charge is 2.39. The number of carboxylic acids is 1. The molecule has 1 heterocycles. The predicted octanol–water partition coefficient (Wildman–Crippen LogP) is 7.23. The number of benzene rings is 3. The summed E-state index contributed by atoms with van der Waals surface area (Å²) in [4.78, 5) is 30.0. The number of carbonyl (C=O) groups excluding carboxylic acids is 1. The number of carbonyl (C=O) groups is 2. The van der Waals surface area contributed by atoms with Crippen molar-refractivity contribution >= 4 is 29.6 Å². The standard InChI is InChI=1S/C31H29ClFNO5/c1-4-15-38-27-12-9-20(23-7-5-8-25(28(23)33)30(36)37)16-21(27)18-31(13-6-14-34-31)29(35)24-11-10-22(17-26(24)32)39-19(2)3/h5-14,16-17,19H,4,15,18H2,1-3H3,(H,36,37). The Balaban J connectivity index is 1.76. The number of hydrogen-bond donors (Lipinski definition) is 1. The van der Waals surface area contributed by atoms with Gasteiger partial charge in [-0.1, -0.05) is 36.7 Å². The Labute approximate surface area is 231 Å². The van der Waals surface area contributed by atoms with Gasteiger partial charge in [0.25, 0.3) is 0 Å². The van der Waals surface area contributed by atoms with E-state index in [2.05, 4.69) is 4.99 Å². The van der Waals surface area contributed by atoms with Gasteiger partial charge in [0, 0.05) is 23.8 Å². The Hall–Kier alpha value is -3.97. The lowest BCUT2D eigenvalue weighted by molar-refractivity contribution is 0.0691. The summed E-state index contributed by atoms with van der Waals surface area (Å²) in [6.45, 7) is 6.22. The Morgan fingerprint density at radius 2 is 1.90 bits per heavy atom. The van der Waals surface area contributed by atoms with Gasteiger partial charge in [-0.2, -0.15) is 0 Å². The van der Waals surface area contributed by atoms with Crippen LogP contribution < -0.4 is 9.47 Å². The quantitative estimate of drug-likeness (QED) is 0.255. The largest absolute Gasteiger partial charge is 0.493 e. The first-order chi connectivity index (χ1) is 18.6. The summed E-state index contributed by atoms with van der Waals surface area (Å²) in [5, 5.41) is 9.62. The Kier molecular flexibility index (Phi) is 8.51. The minimum atomic E-state index is -1.35. The zero-order valence-electron chi connectivity index (χ0n) is 21.9. The number of allylic oxidation sites excluding steroid dienone is 1. The molecule has 0 saturated heterocycles. The van der Waals surface area contributed by atoms with E-state index in [-0.39, 0.29) is 28.9 Å². The number of hydrogen-bond acceptors (Lipinski definition) is 5. The molecule has 0 bridgehead atoms. The number of carboxylic acid groups (broad SMARTS) is 1. The molecule has 202 valence electrons. The first-order valence-corrected chi connectivity index (χ1v) is 13.0. The summed E-state index contributed by atoms with van der Waals surface area (Å²) in [5.41, 5.74) is -0.217. The van der Waals surface area contributed by atoms with Crippen molar-refractivity contribution in [1.29, 1.82) is 0 Å². The smallest absolute Gasteiger partial charge is 0.338 e. The molecular formula is C31H29ClFNO5. The molecule has 0 spiro atoms. The number of ether oxygens (including phenoxy) is 2. The van der Waals surface area contributed by atoms with Gasteiger partial charge in [0.05, 0.1) is 23.3 Å². The molecule has 0 amide bonds. The Morgan fingerprint density at radius 3 is 2.54 bits per heavy atom. The SMILES string of the molecule is CCCOc1ccc(-c2cccc(C(=O)O)c2F)cc1CC1(C(=O)c2ccc(OC(C)C)cc2Cl)C=CC=N1. The number of Topliss-reactive ketones (excluding diaryl/α,β-unsaturated/α-hetero) is 1. The van der Waals surface area contributed by atoms with Crippen molar-refractivity contribution in [1.82, 2.24) is 0 Å². The van der Waals surface area contributed by atoms with Crippen molar-refractivity contribution < 1.29 is 28.6 Å². The Morgan fingerprint density at radius 1 is 1.10 bits per heavy atom. The lowest BCUT2D eigenvalue weighted by Crippen LogP contribution is -2.36. The van der Waals surface area contributed by atoms with Gasteiger partial charge in [-0.3, -0.25) is 9.79 Å². The maximum atomic E-state index is 15.1. The minimum absolute atomic E-state index is 0.0498. The van der Waals surface area contributed by atoms with Crippen LogP contribution >= 0.6 is 11.6 Å². The summed E-state index contributed by atoms with van der Waals surface area (Å²) in [5.74, 6) is -1.41. The van der Waals surface area contributed by atoms with Crippen LogP contribution in [0.3, 0.4) is 0 Å². The third kappa shape index (κ3) is 6.04. The summed E-state index contributed by atoms with van der Waals surface area (Å²) in [7, 11) is 0. The van der Waals surface area contributed by atoms with Crippen molar-refractivity contribution in [3.63, 3.8) is 0 Å². The van der Waals surface area contributed by atoms with E-state index >= 15 is 4.39 Å². The second-order valence-corrected chi connectivity index (χ2v) is 9.93. The third-order valence-electron chi connectivity index (χ3n) is 6.24. The minimum Gasteiger partial charge on any atom is -0.493 e. The second-order valence-electron chi connectivity index (χ2n) is 9.52. The van der Waals surface area contributed by atoms with E-state index in [1.165, 1.54) is 18.2 Å². The molecule has 0 saturated carbocycles. The predicted molar refractivity (Wildman–Crippen MR) is 150 cm³/mol. The molecule has 1 unspecified atom stereocenters. The number of rotatable bonds is 11. The highest BCUT2D eigenvalue weighted by atomic mass is 35.5. The van der Waals surface area contributed by atoms with Gasteiger partial charge in [0.2, 0.25) is 0 Å². The number of aliphatic imine (C=N–C) groups is 1. The van der Waals surface area contributed by atoms with Crippen molar-refractivity contribution in [3.8, 4) is 22.6 Å². The topological polar surface area (TPSA) is 85.2 Å². The van der Waals surface area contributed by atoms with Crippen molar-refractivity contribution in [3.05, 3.63) is 94.3 Å². The molecule has 1 aliphatic rings. The van der Waals surface area contributed by atoms with E-state index in [1.54, 1.807) is 54.8 Å². The summed E-state index contributed by atoms with van der Waals surface area (Å²) < 4.78 is 26.8. The Bertz CT molecular complexity index is 1450. The van der Waals surface area contributed by atoms with Crippen molar-refractivity contribution in [2.75, 3.05) is 6.61 Å². The van der Waals surface area contributed by atoms with E-state index < -0.39 is 22.9 Å². The number of ketones is 1. The van der Waals surface area contributed by atoms with Crippen LogP contribution in [0.1, 0.15) is 53.5 Å². The molecule has 0 aliphatic carbocycles. The lowest BCUT2D eigenvalue weighted by Gasteiger charge is -2.25. The number of aromatic carboxylic acids is 1. The van der Waals surface area contributed by atoms with E-state index in [9.17, 15) is 14.7 Å². The van der Waals surface area contributed by atoms with Crippen molar-refractivity contribution in [2.45, 2.75) is 45.3 Å². The van der Waals surface area contributed by atoms with Crippen LogP contribution in [0.5, 0.6) is 11.5 Å². The van der Waals surface area contributed by atoms with Crippen LogP contribution in [0.25, 0.3) is 11.1 Å². The van der Waals surface area contributed by atoms with Gasteiger partial charge < -0.3 is 14.6 Å². The first kappa shape index (κ1) is 28.0. The molecule has 39 heavy (non-hydrogen) atoms. The molecule has 0 radical (unpaired) electrons. The monoisotopic (exact) mass is 549 g/mol. The molecular weight excluding hydrogens is 521 g/mol. The van der Waals surface area contributed by atoms with Crippen LogP contribution in [0, 0.1) is 5.82 Å². The van der Waals surface area contributed by atoms with Gasteiger partial charge in [-0.15, -0.1) is 0 Å². The van der Waals surface area contributed by atoms with Gasteiger partial charge in [-0.25, -0.2) is 9.18 Å². The molecule has 0 aromatic heterocycles. The molecule has 1 aliphatic heterocycles. The van der Waals surface area contributed by atoms with E-state index in [0.717, 1.165) is 6.42 Å². The van der Waals surface area contributed by atoms with Crippen LogP contribution in [0.4, 0.5) is 4.39 Å². The van der Waals surface area contributed by atoms with Crippen LogP contribution in [-0.2, 0) is 6.42 Å². The fourth-order valence-corrected chi connectivity index (χ4v) is 4.70. The molecule has 1 atom stereocenters. The average molecular weight is 550 g/mol. The summed E-state index contributed by atoms with van der Waals surface area (Å²) in [6.07, 6.45) is 5.81. The number of halogens is 2. The van der Waals surface area contributed by atoms with Crippen LogP contribution in [0.15, 0.2) is 71.7 Å². The average Bonchev–Trinajstić information content (AvgIpc) is 3.37. The fraction of sp³-hybridized carbons (Fsp3) is 0.258.